The Bertz CT molecular complexity index is 979. The molecule has 1 aliphatic heterocycles. The maximum atomic E-state index is 13.4. The second-order valence-electron chi connectivity index (χ2n) is 7.53. The average Bonchev–Trinajstić information content (AvgIpc) is 3.28. The molecule has 176 valence electrons. The van der Waals surface area contributed by atoms with Gasteiger partial charge < -0.3 is 19.7 Å². The highest BCUT2D eigenvalue weighted by molar-refractivity contribution is 6.03. The van der Waals surface area contributed by atoms with Gasteiger partial charge in [-0.2, -0.15) is 5.10 Å². The fraction of sp³-hybridized carbons (Fsp3) is 0.375. The lowest BCUT2D eigenvalue weighted by molar-refractivity contribution is -0.133. The van der Waals surface area contributed by atoms with E-state index in [1.165, 1.54) is 29.2 Å². The van der Waals surface area contributed by atoms with Crippen LogP contribution in [0.4, 0.5) is 9.18 Å². The van der Waals surface area contributed by atoms with Crippen molar-refractivity contribution < 1.29 is 23.5 Å². The van der Waals surface area contributed by atoms with Crippen LogP contribution in [-0.2, 0) is 9.53 Å². The van der Waals surface area contributed by atoms with Gasteiger partial charge in [0.15, 0.2) is 0 Å². The van der Waals surface area contributed by atoms with Crippen molar-refractivity contribution in [3.8, 4) is 5.75 Å². The molecule has 2 aromatic rings. The molecule has 0 saturated carbocycles. The predicted molar refractivity (Wildman–Crippen MR) is 123 cm³/mol. The molecule has 1 N–H and O–H groups in total. The molecule has 0 spiro atoms. The molecule has 0 bridgehead atoms. The van der Waals surface area contributed by atoms with Crippen LogP contribution >= 0.6 is 0 Å². The highest BCUT2D eigenvalue weighted by Crippen LogP contribution is 2.33. The Balaban J connectivity index is 1.88. The van der Waals surface area contributed by atoms with Crippen molar-refractivity contribution in [1.82, 2.24) is 15.2 Å². The number of hydrazone groups is 1. The number of halogens is 1. The summed E-state index contributed by atoms with van der Waals surface area (Å²) in [5.74, 6) is 0.0410. The number of hydrogen-bond acceptors (Lipinski definition) is 5. The number of rotatable bonds is 9. The first-order chi connectivity index (χ1) is 16.0. The van der Waals surface area contributed by atoms with Crippen molar-refractivity contribution in [3.05, 3.63) is 65.5 Å². The fourth-order valence-electron chi connectivity index (χ4n) is 3.60. The van der Waals surface area contributed by atoms with Crippen LogP contribution in [0.15, 0.2) is 53.6 Å². The van der Waals surface area contributed by atoms with Crippen molar-refractivity contribution >= 4 is 17.6 Å². The van der Waals surface area contributed by atoms with Gasteiger partial charge in [-0.05, 0) is 42.3 Å². The third kappa shape index (κ3) is 6.07. The molecule has 0 fully saturated rings. The summed E-state index contributed by atoms with van der Waals surface area (Å²) in [7, 11) is 3.13. The maximum absolute atomic E-state index is 13.4. The molecule has 0 saturated heterocycles. The minimum absolute atomic E-state index is 0.151. The molecule has 8 nitrogen and oxygen atoms in total. The summed E-state index contributed by atoms with van der Waals surface area (Å²) in [6, 6.07) is 12.8. The summed E-state index contributed by atoms with van der Waals surface area (Å²) in [5.41, 5.74) is 2.29. The Morgan fingerprint density at radius 3 is 2.45 bits per heavy atom. The number of carbonyl (C=O) groups is 2. The summed E-state index contributed by atoms with van der Waals surface area (Å²) >= 11 is 0. The molecule has 0 aliphatic carbocycles. The summed E-state index contributed by atoms with van der Waals surface area (Å²) in [6.45, 7) is 2.68. The fourth-order valence-corrected chi connectivity index (χ4v) is 3.60. The van der Waals surface area contributed by atoms with E-state index < -0.39 is 0 Å². The van der Waals surface area contributed by atoms with Crippen LogP contribution in [0.1, 0.15) is 30.5 Å². The Labute approximate surface area is 193 Å². The van der Waals surface area contributed by atoms with E-state index in [2.05, 4.69) is 10.4 Å². The summed E-state index contributed by atoms with van der Waals surface area (Å²) in [5, 5.41) is 8.72. The number of urea groups is 1. The first-order valence-corrected chi connectivity index (χ1v) is 10.8. The minimum Gasteiger partial charge on any atom is -0.497 e. The number of amides is 3. The predicted octanol–water partition coefficient (Wildman–Crippen LogP) is 3.19. The van der Waals surface area contributed by atoms with E-state index >= 15 is 0 Å². The van der Waals surface area contributed by atoms with Crippen molar-refractivity contribution in [1.29, 1.82) is 0 Å². The molecule has 1 heterocycles. The minimum atomic E-state index is -0.359. The molecular formula is C24H29FN4O4. The van der Waals surface area contributed by atoms with Crippen molar-refractivity contribution in [3.63, 3.8) is 0 Å². The zero-order valence-electron chi connectivity index (χ0n) is 19.1. The Morgan fingerprint density at radius 1 is 1.15 bits per heavy atom. The van der Waals surface area contributed by atoms with Crippen molar-refractivity contribution in [2.75, 3.05) is 40.5 Å². The molecule has 2 aromatic carbocycles. The van der Waals surface area contributed by atoms with Crippen molar-refractivity contribution in [2.24, 2.45) is 5.10 Å². The van der Waals surface area contributed by atoms with E-state index in [0.717, 1.165) is 11.1 Å². The van der Waals surface area contributed by atoms with E-state index in [-0.39, 0.29) is 36.9 Å². The van der Waals surface area contributed by atoms with E-state index in [0.29, 0.717) is 31.0 Å². The van der Waals surface area contributed by atoms with E-state index in [1.54, 1.807) is 19.2 Å². The second-order valence-corrected chi connectivity index (χ2v) is 7.53. The number of methoxy groups -OCH3 is 2. The van der Waals surface area contributed by atoms with Crippen LogP contribution < -0.4 is 10.1 Å². The zero-order chi connectivity index (χ0) is 23.8. The van der Waals surface area contributed by atoms with Gasteiger partial charge in [-0.1, -0.05) is 24.3 Å². The van der Waals surface area contributed by atoms with E-state index in [9.17, 15) is 14.0 Å². The van der Waals surface area contributed by atoms with Crippen LogP contribution in [0.2, 0.25) is 0 Å². The highest BCUT2D eigenvalue weighted by atomic mass is 19.1. The SMILES string of the molecule is CCNC(=O)N(CCOC)CC(=O)N1N=C(c2ccc(F)cc2)C[C@@H]1c1ccc(OC)cc1. The quantitative estimate of drug-likeness (QED) is 0.628. The standard InChI is InChI=1S/C24H29FN4O4/c1-4-26-24(31)28(13-14-32-2)16-23(30)29-22(18-7-11-20(33-3)12-8-18)15-21(27-29)17-5-9-19(25)10-6-17/h5-12,22H,4,13-16H2,1-3H3,(H,26,31)/t22-/m1/s1. The van der Waals surface area contributed by atoms with Crippen LogP contribution in [0.25, 0.3) is 0 Å². The summed E-state index contributed by atoms with van der Waals surface area (Å²) in [6.07, 6.45) is 0.461. The first-order valence-electron chi connectivity index (χ1n) is 10.8. The first kappa shape index (κ1) is 24.2. The number of carbonyl (C=O) groups excluding carboxylic acids is 2. The monoisotopic (exact) mass is 456 g/mol. The Kier molecular flexibility index (Phi) is 8.37. The second kappa shape index (κ2) is 11.4. The van der Waals surface area contributed by atoms with Gasteiger partial charge in [0.2, 0.25) is 0 Å². The molecule has 0 aromatic heterocycles. The third-order valence-corrected chi connectivity index (χ3v) is 5.35. The molecule has 0 unspecified atom stereocenters. The summed E-state index contributed by atoms with van der Waals surface area (Å²) < 4.78 is 23.7. The largest absolute Gasteiger partial charge is 0.497 e. The van der Waals surface area contributed by atoms with E-state index in [1.807, 2.05) is 31.2 Å². The third-order valence-electron chi connectivity index (χ3n) is 5.35. The van der Waals surface area contributed by atoms with Gasteiger partial charge in [0.05, 0.1) is 25.5 Å². The summed E-state index contributed by atoms with van der Waals surface area (Å²) in [4.78, 5) is 27.2. The van der Waals surface area contributed by atoms with Gasteiger partial charge in [0.25, 0.3) is 5.91 Å². The van der Waals surface area contributed by atoms with Crippen LogP contribution in [0.5, 0.6) is 5.75 Å². The lowest BCUT2D eigenvalue weighted by Crippen LogP contribution is -2.47. The van der Waals surface area contributed by atoms with E-state index in [4.69, 9.17) is 9.47 Å². The van der Waals surface area contributed by atoms with Gasteiger partial charge in [-0.15, -0.1) is 0 Å². The molecular weight excluding hydrogens is 427 g/mol. The van der Waals surface area contributed by atoms with Gasteiger partial charge >= 0.3 is 6.03 Å². The van der Waals surface area contributed by atoms with Gasteiger partial charge in [0, 0.05) is 26.6 Å². The number of nitrogens with zero attached hydrogens (tertiary/aromatic N) is 3. The Hall–Kier alpha value is -3.46. The zero-order valence-corrected chi connectivity index (χ0v) is 19.1. The smallest absolute Gasteiger partial charge is 0.317 e. The van der Waals surface area contributed by atoms with Crippen LogP contribution in [0.3, 0.4) is 0 Å². The number of nitrogens with one attached hydrogen (secondary N) is 1. The lowest BCUT2D eigenvalue weighted by atomic mass is 9.98. The highest BCUT2D eigenvalue weighted by Gasteiger charge is 2.34. The van der Waals surface area contributed by atoms with Crippen molar-refractivity contribution in [2.45, 2.75) is 19.4 Å². The molecule has 9 heteroatoms. The molecule has 3 rings (SSSR count). The number of hydrogen-bond donors (Lipinski definition) is 1. The number of benzene rings is 2. The van der Waals surface area contributed by atoms with Gasteiger partial charge in [-0.3, -0.25) is 4.79 Å². The average molecular weight is 457 g/mol. The van der Waals surface area contributed by atoms with Crippen LogP contribution in [0, 0.1) is 5.82 Å². The van der Waals surface area contributed by atoms with Gasteiger partial charge in [0.1, 0.15) is 18.1 Å². The molecule has 0 radical (unpaired) electrons. The molecule has 1 atom stereocenters. The molecule has 1 aliphatic rings. The molecule has 3 amide bonds. The van der Waals surface area contributed by atoms with Crippen LogP contribution in [-0.4, -0.2) is 68.0 Å². The Morgan fingerprint density at radius 2 is 1.85 bits per heavy atom. The maximum Gasteiger partial charge on any atom is 0.317 e. The lowest BCUT2D eigenvalue weighted by Gasteiger charge is -2.27. The van der Waals surface area contributed by atoms with Gasteiger partial charge in [-0.25, -0.2) is 14.2 Å². The topological polar surface area (TPSA) is 83.5 Å². The molecule has 33 heavy (non-hydrogen) atoms. The normalized spacial score (nSPS) is 15.2. The number of ether oxygens (including phenoxy) is 2.